The van der Waals surface area contributed by atoms with E-state index in [4.69, 9.17) is 4.74 Å². The van der Waals surface area contributed by atoms with E-state index in [0.29, 0.717) is 0 Å². The number of ether oxygens (including phenoxy) is 1. The Morgan fingerprint density at radius 1 is 1.38 bits per heavy atom. The van der Waals surface area contributed by atoms with Gasteiger partial charge >= 0.3 is 5.97 Å². The van der Waals surface area contributed by atoms with Crippen LogP contribution in [0.1, 0.15) is 33.3 Å². The Morgan fingerprint density at radius 3 is 2.29 bits per heavy atom. The molecule has 0 aromatic heterocycles. The average Bonchev–Trinajstić information content (AvgIpc) is 2.37. The van der Waals surface area contributed by atoms with Gasteiger partial charge in [0.1, 0.15) is 0 Å². The van der Waals surface area contributed by atoms with E-state index < -0.39 is 23.2 Å². The van der Waals surface area contributed by atoms with Crippen LogP contribution in [0.3, 0.4) is 0 Å². The number of hydrogen-bond donors (Lipinski definition) is 1. The molecular weight excluding hydrogens is 277 g/mol. The molecule has 0 saturated heterocycles. The minimum atomic E-state index is -1.66. The van der Waals surface area contributed by atoms with Gasteiger partial charge in [-0.25, -0.2) is 9.18 Å². The second-order valence-electron chi connectivity index (χ2n) is 5.21. The molecule has 1 N–H and O–H groups in total. The first kappa shape index (κ1) is 16.9. The molecule has 0 bridgehead atoms. The van der Waals surface area contributed by atoms with Crippen LogP contribution in [0.4, 0.5) is 4.39 Å². The first-order valence-electron chi connectivity index (χ1n) is 6.53. The lowest BCUT2D eigenvalue weighted by molar-refractivity contribution is -0.160. The van der Waals surface area contributed by atoms with Crippen LogP contribution in [-0.2, 0) is 15.1 Å². The van der Waals surface area contributed by atoms with Crippen LogP contribution in [0.5, 0.6) is 5.75 Å². The van der Waals surface area contributed by atoms with Gasteiger partial charge in [0, 0.05) is 13.0 Å². The standard InChI is InChI=1S/C15H20FNO4/c1-9(2)17(10(3)18)15(4,14(19)20)11-6-7-13(21-5)12(16)8-11/h6-9H,1-5H3,(H,19,20). The third-order valence-corrected chi connectivity index (χ3v) is 3.47. The highest BCUT2D eigenvalue weighted by Crippen LogP contribution is 2.33. The number of hydrogen-bond acceptors (Lipinski definition) is 3. The Bertz CT molecular complexity index is 559. The number of amides is 1. The summed E-state index contributed by atoms with van der Waals surface area (Å²) >= 11 is 0. The van der Waals surface area contributed by atoms with Crippen molar-refractivity contribution in [1.82, 2.24) is 4.90 Å². The molecule has 21 heavy (non-hydrogen) atoms. The van der Waals surface area contributed by atoms with Crippen molar-refractivity contribution in [1.29, 1.82) is 0 Å². The van der Waals surface area contributed by atoms with Gasteiger partial charge in [-0.05, 0) is 38.5 Å². The van der Waals surface area contributed by atoms with E-state index in [-0.39, 0.29) is 17.4 Å². The zero-order valence-electron chi connectivity index (χ0n) is 12.8. The number of carboxylic acid groups (broad SMARTS) is 1. The molecule has 116 valence electrons. The van der Waals surface area contributed by atoms with Crippen molar-refractivity contribution in [3.8, 4) is 5.75 Å². The normalized spacial score (nSPS) is 13.7. The molecule has 0 fully saturated rings. The van der Waals surface area contributed by atoms with E-state index >= 15 is 0 Å². The first-order chi connectivity index (χ1) is 9.66. The summed E-state index contributed by atoms with van der Waals surface area (Å²) in [5.41, 5.74) is -1.48. The SMILES string of the molecule is COc1ccc(C(C)(C(=O)O)N(C(C)=O)C(C)C)cc1F. The highest BCUT2D eigenvalue weighted by Gasteiger charge is 2.44. The smallest absolute Gasteiger partial charge is 0.334 e. The maximum absolute atomic E-state index is 13.9. The van der Waals surface area contributed by atoms with E-state index in [1.54, 1.807) is 13.8 Å². The molecule has 0 radical (unpaired) electrons. The number of carbonyl (C=O) groups is 2. The summed E-state index contributed by atoms with van der Waals surface area (Å²) in [6.07, 6.45) is 0. The Kier molecular flexibility index (Phi) is 4.93. The van der Waals surface area contributed by atoms with Crippen LogP contribution in [0.25, 0.3) is 0 Å². The first-order valence-corrected chi connectivity index (χ1v) is 6.53. The number of aliphatic carboxylic acids is 1. The fraction of sp³-hybridized carbons (Fsp3) is 0.467. The monoisotopic (exact) mass is 297 g/mol. The number of rotatable bonds is 5. The van der Waals surface area contributed by atoms with Crippen molar-refractivity contribution in [3.05, 3.63) is 29.6 Å². The van der Waals surface area contributed by atoms with Gasteiger partial charge in [0.2, 0.25) is 5.91 Å². The minimum Gasteiger partial charge on any atom is -0.494 e. The number of methoxy groups -OCH3 is 1. The number of carboxylic acids is 1. The maximum atomic E-state index is 13.9. The molecule has 6 heteroatoms. The second-order valence-corrected chi connectivity index (χ2v) is 5.21. The average molecular weight is 297 g/mol. The number of nitrogens with zero attached hydrogens (tertiary/aromatic N) is 1. The molecular formula is C15H20FNO4. The summed E-state index contributed by atoms with van der Waals surface area (Å²) in [6, 6.07) is 3.54. The highest BCUT2D eigenvalue weighted by molar-refractivity contribution is 5.87. The van der Waals surface area contributed by atoms with Gasteiger partial charge in [0.05, 0.1) is 7.11 Å². The molecule has 1 unspecified atom stereocenters. The van der Waals surface area contributed by atoms with Crippen LogP contribution in [0, 0.1) is 5.82 Å². The van der Waals surface area contributed by atoms with Crippen molar-refractivity contribution < 1.29 is 23.8 Å². The van der Waals surface area contributed by atoms with E-state index in [1.807, 2.05) is 0 Å². The van der Waals surface area contributed by atoms with Crippen molar-refractivity contribution >= 4 is 11.9 Å². The molecule has 0 saturated carbocycles. The summed E-state index contributed by atoms with van der Waals surface area (Å²) < 4.78 is 18.7. The lowest BCUT2D eigenvalue weighted by atomic mass is 9.88. The van der Waals surface area contributed by atoms with Crippen molar-refractivity contribution in [2.45, 2.75) is 39.3 Å². The van der Waals surface area contributed by atoms with Crippen LogP contribution in [0.2, 0.25) is 0 Å². The fourth-order valence-corrected chi connectivity index (χ4v) is 2.53. The van der Waals surface area contributed by atoms with E-state index in [2.05, 4.69) is 0 Å². The molecule has 5 nitrogen and oxygen atoms in total. The van der Waals surface area contributed by atoms with E-state index in [1.165, 1.54) is 38.0 Å². The Balaban J connectivity index is 3.50. The van der Waals surface area contributed by atoms with Crippen LogP contribution in [0.15, 0.2) is 18.2 Å². The summed E-state index contributed by atoms with van der Waals surface area (Å²) in [6.45, 7) is 6.10. The second kappa shape index (κ2) is 6.11. The Hall–Kier alpha value is -2.11. The van der Waals surface area contributed by atoms with Gasteiger partial charge in [-0.1, -0.05) is 6.07 Å². The lowest BCUT2D eigenvalue weighted by Gasteiger charge is -2.40. The summed E-state index contributed by atoms with van der Waals surface area (Å²) in [7, 11) is 1.32. The molecule has 1 rings (SSSR count). The largest absolute Gasteiger partial charge is 0.494 e. The number of benzene rings is 1. The van der Waals surface area contributed by atoms with Gasteiger partial charge in [0.25, 0.3) is 0 Å². The highest BCUT2D eigenvalue weighted by atomic mass is 19.1. The van der Waals surface area contributed by atoms with E-state index in [0.717, 1.165) is 6.07 Å². The third-order valence-electron chi connectivity index (χ3n) is 3.47. The molecule has 0 aliphatic heterocycles. The quantitative estimate of drug-likeness (QED) is 0.906. The molecule has 0 aliphatic carbocycles. The van der Waals surface area contributed by atoms with Gasteiger partial charge in [-0.15, -0.1) is 0 Å². The van der Waals surface area contributed by atoms with Crippen molar-refractivity contribution in [2.75, 3.05) is 7.11 Å². The topological polar surface area (TPSA) is 66.8 Å². The molecule has 0 spiro atoms. The van der Waals surface area contributed by atoms with Gasteiger partial charge in [-0.2, -0.15) is 0 Å². The Labute approximate surface area is 123 Å². The molecule has 1 amide bonds. The minimum absolute atomic E-state index is 0.0189. The lowest BCUT2D eigenvalue weighted by Crippen LogP contribution is -2.55. The number of halogens is 1. The fourth-order valence-electron chi connectivity index (χ4n) is 2.53. The molecule has 0 aliphatic rings. The number of carbonyl (C=O) groups excluding carboxylic acids is 1. The van der Waals surface area contributed by atoms with Crippen LogP contribution in [-0.4, -0.2) is 35.0 Å². The predicted molar refractivity (Wildman–Crippen MR) is 75.6 cm³/mol. The van der Waals surface area contributed by atoms with Crippen molar-refractivity contribution in [2.24, 2.45) is 0 Å². The predicted octanol–water partition coefficient (Wildman–Crippen LogP) is 2.39. The van der Waals surface area contributed by atoms with Gasteiger partial charge in [-0.3, -0.25) is 4.79 Å². The van der Waals surface area contributed by atoms with Crippen LogP contribution < -0.4 is 4.74 Å². The molecule has 1 atom stereocenters. The molecule has 1 aromatic rings. The third kappa shape index (κ3) is 2.99. The summed E-state index contributed by atoms with van der Waals surface area (Å²) in [4.78, 5) is 24.9. The summed E-state index contributed by atoms with van der Waals surface area (Å²) in [5.74, 6) is -2.28. The zero-order valence-corrected chi connectivity index (χ0v) is 12.8. The zero-order chi connectivity index (χ0) is 16.4. The molecule has 1 aromatic carbocycles. The van der Waals surface area contributed by atoms with Crippen LogP contribution >= 0.6 is 0 Å². The van der Waals surface area contributed by atoms with Gasteiger partial charge < -0.3 is 14.7 Å². The van der Waals surface area contributed by atoms with Crippen molar-refractivity contribution in [3.63, 3.8) is 0 Å². The maximum Gasteiger partial charge on any atom is 0.334 e. The Morgan fingerprint density at radius 2 is 1.95 bits per heavy atom. The summed E-state index contributed by atoms with van der Waals surface area (Å²) in [5, 5.41) is 9.62. The molecule has 0 heterocycles. The van der Waals surface area contributed by atoms with E-state index in [9.17, 15) is 19.1 Å². The van der Waals surface area contributed by atoms with Gasteiger partial charge in [0.15, 0.2) is 17.1 Å².